The maximum atomic E-state index is 12.3. The number of benzene rings is 2. The van der Waals surface area contributed by atoms with Crippen LogP contribution in [0.2, 0.25) is 0 Å². The van der Waals surface area contributed by atoms with E-state index in [0.29, 0.717) is 23.7 Å². The van der Waals surface area contributed by atoms with Crippen LogP contribution in [-0.2, 0) is 6.54 Å². The van der Waals surface area contributed by atoms with E-state index in [0.717, 1.165) is 37.6 Å². The molecule has 1 aromatic heterocycles. The monoisotopic (exact) mass is 462 g/mol. The van der Waals surface area contributed by atoms with Gasteiger partial charge >= 0.3 is 6.03 Å². The first kappa shape index (κ1) is 23.0. The highest BCUT2D eigenvalue weighted by Crippen LogP contribution is 2.22. The molecular formula is C24H26N6O4. The lowest BCUT2D eigenvalue weighted by Crippen LogP contribution is -2.46. The number of nitrogens with zero attached hydrogens (tertiary/aromatic N) is 4. The lowest BCUT2D eigenvalue weighted by molar-refractivity contribution is -0.385. The highest BCUT2D eigenvalue weighted by atomic mass is 16.6. The molecule has 0 saturated carbocycles. The molecule has 1 aliphatic rings. The molecule has 3 aromatic rings. The topological polar surface area (TPSA) is 113 Å². The zero-order chi connectivity index (χ0) is 23.9. The molecule has 0 aliphatic carbocycles. The summed E-state index contributed by atoms with van der Waals surface area (Å²) in [6, 6.07) is 17.3. The van der Waals surface area contributed by atoms with Crippen LogP contribution in [-0.4, -0.2) is 54.1 Å². The molecule has 176 valence electrons. The second-order valence-electron chi connectivity index (χ2n) is 7.87. The Labute approximate surface area is 197 Å². The summed E-state index contributed by atoms with van der Waals surface area (Å²) >= 11 is 0. The van der Waals surface area contributed by atoms with E-state index < -0.39 is 0 Å². The zero-order valence-corrected chi connectivity index (χ0v) is 18.8. The molecule has 0 spiro atoms. The van der Waals surface area contributed by atoms with Gasteiger partial charge in [0.05, 0.1) is 23.9 Å². The van der Waals surface area contributed by atoms with Gasteiger partial charge < -0.3 is 20.3 Å². The second kappa shape index (κ2) is 10.6. The third-order valence-corrected chi connectivity index (χ3v) is 5.61. The summed E-state index contributed by atoms with van der Waals surface area (Å²) in [5.74, 6) is 1.48. The van der Waals surface area contributed by atoms with Gasteiger partial charge in [0.15, 0.2) is 0 Å². The van der Waals surface area contributed by atoms with Gasteiger partial charge in [-0.1, -0.05) is 24.3 Å². The van der Waals surface area contributed by atoms with Crippen molar-refractivity contribution in [3.05, 3.63) is 82.5 Å². The summed E-state index contributed by atoms with van der Waals surface area (Å²) in [5, 5.41) is 16.8. The van der Waals surface area contributed by atoms with Crippen molar-refractivity contribution in [1.29, 1.82) is 0 Å². The van der Waals surface area contributed by atoms with Crippen LogP contribution in [0.25, 0.3) is 0 Å². The molecule has 10 heteroatoms. The largest absolute Gasteiger partial charge is 0.497 e. The first-order chi connectivity index (χ1) is 16.5. The minimum Gasteiger partial charge on any atom is -0.497 e. The van der Waals surface area contributed by atoms with Crippen LogP contribution in [0.3, 0.4) is 0 Å². The van der Waals surface area contributed by atoms with Crippen molar-refractivity contribution < 1.29 is 14.5 Å². The van der Waals surface area contributed by atoms with Crippen molar-refractivity contribution >= 4 is 28.9 Å². The Hall–Kier alpha value is -4.18. The fourth-order valence-electron chi connectivity index (χ4n) is 3.84. The summed E-state index contributed by atoms with van der Waals surface area (Å²) in [5.41, 5.74) is 2.09. The first-order valence-corrected chi connectivity index (χ1v) is 10.9. The Morgan fingerprint density at radius 2 is 1.79 bits per heavy atom. The third kappa shape index (κ3) is 5.78. The molecule has 0 unspecified atom stereocenters. The number of anilines is 3. The smallest absolute Gasteiger partial charge is 0.323 e. The highest BCUT2D eigenvalue weighted by Gasteiger charge is 2.21. The number of pyridine rings is 1. The summed E-state index contributed by atoms with van der Waals surface area (Å²) in [6.07, 6.45) is 1.63. The number of rotatable bonds is 7. The Kier molecular flexibility index (Phi) is 7.19. The molecule has 0 bridgehead atoms. The fourth-order valence-corrected chi connectivity index (χ4v) is 3.84. The van der Waals surface area contributed by atoms with Gasteiger partial charge in [-0.2, -0.15) is 0 Å². The van der Waals surface area contributed by atoms with Gasteiger partial charge in [-0.05, 0) is 24.3 Å². The number of para-hydroxylation sites is 1. The van der Waals surface area contributed by atoms with Crippen molar-refractivity contribution in [1.82, 2.24) is 9.88 Å². The SMILES string of the molecule is COc1cccc(NC(=O)Nc2ccc(N3CCN(Cc4ccccc4[N+](=O)[O-])CC3)nc2)c1. The van der Waals surface area contributed by atoms with Crippen LogP contribution in [0.1, 0.15) is 5.56 Å². The van der Waals surface area contributed by atoms with E-state index in [-0.39, 0.29) is 16.6 Å². The molecule has 0 atom stereocenters. The van der Waals surface area contributed by atoms with Crippen LogP contribution in [0, 0.1) is 10.1 Å². The number of amides is 2. The van der Waals surface area contributed by atoms with Gasteiger partial charge in [-0.15, -0.1) is 0 Å². The van der Waals surface area contributed by atoms with Crippen molar-refractivity contribution in [2.75, 3.05) is 48.8 Å². The van der Waals surface area contributed by atoms with E-state index in [4.69, 9.17) is 4.74 Å². The van der Waals surface area contributed by atoms with Crippen molar-refractivity contribution in [2.24, 2.45) is 0 Å². The highest BCUT2D eigenvalue weighted by molar-refractivity contribution is 5.99. The predicted molar refractivity (Wildman–Crippen MR) is 130 cm³/mol. The van der Waals surface area contributed by atoms with Gasteiger partial charge in [-0.3, -0.25) is 15.0 Å². The number of hydrogen-bond donors (Lipinski definition) is 2. The third-order valence-electron chi connectivity index (χ3n) is 5.61. The van der Waals surface area contributed by atoms with E-state index >= 15 is 0 Å². The van der Waals surface area contributed by atoms with Gasteiger partial charge in [0, 0.05) is 56.1 Å². The number of carbonyl (C=O) groups is 1. The maximum absolute atomic E-state index is 12.3. The number of nitro groups is 1. The van der Waals surface area contributed by atoms with E-state index in [2.05, 4.69) is 25.4 Å². The Morgan fingerprint density at radius 3 is 2.50 bits per heavy atom. The summed E-state index contributed by atoms with van der Waals surface area (Å²) < 4.78 is 5.16. The number of nitro benzene ring substituents is 1. The number of ether oxygens (including phenoxy) is 1. The molecule has 1 saturated heterocycles. The number of piperazine rings is 1. The minimum atomic E-state index is -0.369. The van der Waals surface area contributed by atoms with Crippen LogP contribution < -0.4 is 20.3 Å². The molecule has 1 aliphatic heterocycles. The fraction of sp³-hybridized carbons (Fsp3) is 0.250. The van der Waals surface area contributed by atoms with Crippen LogP contribution in [0.5, 0.6) is 5.75 Å². The number of carbonyl (C=O) groups excluding carboxylic acids is 1. The van der Waals surface area contributed by atoms with Crippen LogP contribution in [0.15, 0.2) is 66.9 Å². The summed E-state index contributed by atoms with van der Waals surface area (Å²) in [7, 11) is 1.57. The molecule has 4 rings (SSSR count). The lowest BCUT2D eigenvalue weighted by Gasteiger charge is -2.35. The van der Waals surface area contributed by atoms with E-state index in [1.165, 1.54) is 0 Å². The number of aromatic nitrogens is 1. The predicted octanol–water partition coefficient (Wildman–Crippen LogP) is 3.96. The number of hydrogen-bond acceptors (Lipinski definition) is 7. The molecule has 2 aromatic carbocycles. The van der Waals surface area contributed by atoms with Crippen LogP contribution >= 0.6 is 0 Å². The van der Waals surface area contributed by atoms with Gasteiger partial charge in [0.2, 0.25) is 0 Å². The Balaban J connectivity index is 1.28. The summed E-state index contributed by atoms with van der Waals surface area (Å²) in [6.45, 7) is 3.62. The first-order valence-electron chi connectivity index (χ1n) is 10.9. The average Bonchev–Trinajstić information content (AvgIpc) is 2.85. The average molecular weight is 463 g/mol. The number of nitrogens with one attached hydrogen (secondary N) is 2. The van der Waals surface area contributed by atoms with Crippen molar-refractivity contribution in [3.8, 4) is 5.75 Å². The Morgan fingerprint density at radius 1 is 1.03 bits per heavy atom. The maximum Gasteiger partial charge on any atom is 0.323 e. The molecular weight excluding hydrogens is 436 g/mol. The van der Waals surface area contributed by atoms with Crippen molar-refractivity contribution in [2.45, 2.75) is 6.54 Å². The Bertz CT molecular complexity index is 1150. The quantitative estimate of drug-likeness (QED) is 0.404. The van der Waals surface area contributed by atoms with Crippen LogP contribution in [0.4, 0.5) is 27.7 Å². The molecule has 0 radical (unpaired) electrons. The zero-order valence-electron chi connectivity index (χ0n) is 18.8. The molecule has 10 nitrogen and oxygen atoms in total. The minimum absolute atomic E-state index is 0.158. The molecule has 34 heavy (non-hydrogen) atoms. The normalized spacial score (nSPS) is 13.9. The van der Waals surface area contributed by atoms with Crippen molar-refractivity contribution in [3.63, 3.8) is 0 Å². The van der Waals surface area contributed by atoms with Gasteiger partial charge in [0.1, 0.15) is 11.6 Å². The van der Waals surface area contributed by atoms with Gasteiger partial charge in [0.25, 0.3) is 5.69 Å². The molecule has 2 heterocycles. The molecule has 1 fully saturated rings. The van der Waals surface area contributed by atoms with E-state index in [1.54, 1.807) is 49.7 Å². The molecule has 2 amide bonds. The van der Waals surface area contributed by atoms with E-state index in [9.17, 15) is 14.9 Å². The lowest BCUT2D eigenvalue weighted by atomic mass is 10.1. The number of urea groups is 1. The number of methoxy groups -OCH3 is 1. The standard InChI is InChI=1S/C24H26N6O4/c1-34-21-7-4-6-19(15-21)26-24(31)27-20-9-10-23(25-16-20)29-13-11-28(12-14-29)17-18-5-2-3-8-22(18)30(32)33/h2-10,15-16H,11-14,17H2,1H3,(H2,26,27,31). The summed E-state index contributed by atoms with van der Waals surface area (Å²) in [4.78, 5) is 32.0. The second-order valence-corrected chi connectivity index (χ2v) is 7.87. The molecule has 2 N–H and O–H groups in total. The van der Waals surface area contributed by atoms with E-state index in [1.807, 2.05) is 24.3 Å². The van der Waals surface area contributed by atoms with Gasteiger partial charge in [-0.25, -0.2) is 9.78 Å².